The molecule has 0 saturated carbocycles. The molecule has 1 amide bonds. The van der Waals surface area contributed by atoms with Crippen molar-refractivity contribution in [2.75, 3.05) is 19.6 Å². The highest BCUT2D eigenvalue weighted by molar-refractivity contribution is 7.07. The number of rotatable bonds is 3. The van der Waals surface area contributed by atoms with Gasteiger partial charge in [0.25, 0.3) is 5.91 Å². The number of aromatic nitrogens is 1. The van der Waals surface area contributed by atoms with E-state index in [1.807, 2.05) is 11.0 Å². The topological polar surface area (TPSA) is 73.7 Å². The standard InChI is InChI=1S/C16H16FN3OS.C2HF3O2/c17-13-3-1-2-11(4-13)5-19-6-12-7-20(8-15(12)19)16(21)14-9-22-10-18-14;3-2(4,5)1(6)7/h1-4,9-10,12,15H,5-8H2;(H,6,7). The molecule has 1 aromatic carbocycles. The Kier molecular flexibility index (Phi) is 6.18. The monoisotopic (exact) mass is 431 g/mol. The Hall–Kier alpha value is -2.53. The van der Waals surface area contributed by atoms with Crippen LogP contribution in [-0.4, -0.2) is 63.6 Å². The number of carboxylic acids is 1. The molecule has 6 nitrogen and oxygen atoms in total. The van der Waals surface area contributed by atoms with E-state index < -0.39 is 12.1 Å². The molecule has 2 fully saturated rings. The molecule has 2 aliphatic heterocycles. The Bertz CT molecular complexity index is 875. The quantitative estimate of drug-likeness (QED) is 0.757. The van der Waals surface area contributed by atoms with Gasteiger partial charge in [-0.15, -0.1) is 11.3 Å². The van der Waals surface area contributed by atoms with Crippen LogP contribution in [0.5, 0.6) is 0 Å². The Labute approximate surface area is 167 Å². The van der Waals surface area contributed by atoms with Gasteiger partial charge in [0, 0.05) is 43.5 Å². The molecule has 156 valence electrons. The van der Waals surface area contributed by atoms with Crippen LogP contribution in [-0.2, 0) is 11.3 Å². The van der Waals surface area contributed by atoms with Crippen molar-refractivity contribution in [2.45, 2.75) is 18.8 Å². The first-order valence-corrected chi connectivity index (χ1v) is 9.55. The summed E-state index contributed by atoms with van der Waals surface area (Å²) in [4.78, 5) is 29.6. The van der Waals surface area contributed by atoms with Gasteiger partial charge in [-0.25, -0.2) is 14.2 Å². The second kappa shape index (κ2) is 8.46. The number of aliphatic carboxylic acids is 1. The zero-order valence-electron chi connectivity index (χ0n) is 15.0. The zero-order chi connectivity index (χ0) is 21.2. The Morgan fingerprint density at radius 3 is 2.55 bits per heavy atom. The second-order valence-electron chi connectivity index (χ2n) is 6.77. The summed E-state index contributed by atoms with van der Waals surface area (Å²) in [6.07, 6.45) is -5.08. The van der Waals surface area contributed by atoms with E-state index in [1.54, 1.807) is 23.0 Å². The maximum absolute atomic E-state index is 13.3. The minimum Gasteiger partial charge on any atom is -0.475 e. The van der Waals surface area contributed by atoms with E-state index in [9.17, 15) is 22.4 Å². The van der Waals surface area contributed by atoms with E-state index >= 15 is 0 Å². The summed E-state index contributed by atoms with van der Waals surface area (Å²) in [5.41, 5.74) is 3.22. The van der Waals surface area contributed by atoms with Gasteiger partial charge in [0.15, 0.2) is 0 Å². The lowest BCUT2D eigenvalue weighted by Crippen LogP contribution is -2.54. The van der Waals surface area contributed by atoms with E-state index in [4.69, 9.17) is 9.90 Å². The molecule has 2 atom stereocenters. The largest absolute Gasteiger partial charge is 0.490 e. The Balaban J connectivity index is 0.000000298. The third kappa shape index (κ3) is 5.10. The molecule has 2 saturated heterocycles. The van der Waals surface area contributed by atoms with Gasteiger partial charge in [0.05, 0.1) is 5.51 Å². The third-order valence-corrected chi connectivity index (χ3v) is 5.39. The molecular formula is C18H17F4N3O3S. The molecule has 0 aliphatic carbocycles. The van der Waals surface area contributed by atoms with E-state index in [0.29, 0.717) is 17.7 Å². The van der Waals surface area contributed by atoms with Crippen LogP contribution < -0.4 is 0 Å². The average molecular weight is 431 g/mol. The molecular weight excluding hydrogens is 414 g/mol. The molecule has 1 aromatic heterocycles. The van der Waals surface area contributed by atoms with Crippen LogP contribution in [0.3, 0.4) is 0 Å². The Morgan fingerprint density at radius 2 is 1.97 bits per heavy atom. The summed E-state index contributed by atoms with van der Waals surface area (Å²) >= 11 is 1.44. The normalized spacial score (nSPS) is 21.0. The molecule has 29 heavy (non-hydrogen) atoms. The highest BCUT2D eigenvalue weighted by atomic mass is 32.1. The van der Waals surface area contributed by atoms with Crippen molar-refractivity contribution in [3.8, 4) is 0 Å². The van der Waals surface area contributed by atoms with Crippen molar-refractivity contribution in [1.82, 2.24) is 14.8 Å². The molecule has 4 rings (SSSR count). The fourth-order valence-corrected chi connectivity index (χ4v) is 3.97. The number of halogens is 4. The van der Waals surface area contributed by atoms with Crippen molar-refractivity contribution in [1.29, 1.82) is 0 Å². The maximum Gasteiger partial charge on any atom is 0.490 e. The van der Waals surface area contributed by atoms with Crippen LogP contribution in [0.2, 0.25) is 0 Å². The van der Waals surface area contributed by atoms with E-state index in [2.05, 4.69) is 9.88 Å². The number of likely N-dealkylation sites (tertiary alicyclic amines) is 2. The van der Waals surface area contributed by atoms with Gasteiger partial charge in [0.2, 0.25) is 0 Å². The highest BCUT2D eigenvalue weighted by Gasteiger charge is 2.46. The van der Waals surface area contributed by atoms with Crippen LogP contribution in [0.15, 0.2) is 35.2 Å². The third-order valence-electron chi connectivity index (χ3n) is 4.80. The summed E-state index contributed by atoms with van der Waals surface area (Å²) in [5, 5.41) is 8.92. The van der Waals surface area contributed by atoms with Gasteiger partial charge in [0.1, 0.15) is 11.5 Å². The molecule has 0 bridgehead atoms. The van der Waals surface area contributed by atoms with Crippen molar-refractivity contribution >= 4 is 23.2 Å². The molecule has 0 spiro atoms. The first-order chi connectivity index (χ1) is 13.6. The number of fused-ring (bicyclic) bond motifs is 1. The predicted octanol–water partition coefficient (Wildman–Crippen LogP) is 2.87. The lowest BCUT2D eigenvalue weighted by Gasteiger charge is -2.43. The van der Waals surface area contributed by atoms with Gasteiger partial charge in [-0.05, 0) is 17.7 Å². The zero-order valence-corrected chi connectivity index (χ0v) is 15.8. The molecule has 0 radical (unpaired) electrons. The number of hydrogen-bond acceptors (Lipinski definition) is 5. The number of carbonyl (C=O) groups is 2. The fraction of sp³-hybridized carbons (Fsp3) is 0.389. The number of thiazole rings is 1. The van der Waals surface area contributed by atoms with Crippen molar-refractivity contribution in [3.63, 3.8) is 0 Å². The van der Waals surface area contributed by atoms with Crippen molar-refractivity contribution in [3.05, 3.63) is 52.2 Å². The first-order valence-electron chi connectivity index (χ1n) is 8.61. The maximum atomic E-state index is 13.3. The first kappa shape index (κ1) is 21.2. The van der Waals surface area contributed by atoms with Crippen LogP contribution in [0.4, 0.5) is 17.6 Å². The minimum absolute atomic E-state index is 0.0290. The average Bonchev–Trinajstić information content (AvgIpc) is 3.27. The van der Waals surface area contributed by atoms with E-state index in [-0.39, 0.29) is 11.7 Å². The number of nitrogens with zero attached hydrogens (tertiary/aromatic N) is 3. The second-order valence-corrected chi connectivity index (χ2v) is 7.49. The number of amides is 1. The van der Waals surface area contributed by atoms with Gasteiger partial charge < -0.3 is 10.0 Å². The molecule has 2 aromatic rings. The number of carbonyl (C=O) groups excluding carboxylic acids is 1. The SMILES string of the molecule is O=C(O)C(F)(F)F.O=C(c1cscn1)N1CC2CN(Cc3cccc(F)c3)C2C1. The smallest absolute Gasteiger partial charge is 0.475 e. The van der Waals surface area contributed by atoms with Crippen LogP contribution in [0.1, 0.15) is 16.1 Å². The number of hydrogen-bond donors (Lipinski definition) is 1. The highest BCUT2D eigenvalue weighted by Crippen LogP contribution is 2.34. The molecule has 1 N–H and O–H groups in total. The van der Waals surface area contributed by atoms with Crippen molar-refractivity contribution < 1.29 is 32.3 Å². The summed E-state index contributed by atoms with van der Waals surface area (Å²) in [6, 6.07) is 7.14. The van der Waals surface area contributed by atoms with Gasteiger partial charge in [-0.2, -0.15) is 13.2 Å². The predicted molar refractivity (Wildman–Crippen MR) is 95.8 cm³/mol. The van der Waals surface area contributed by atoms with Crippen LogP contribution in [0.25, 0.3) is 0 Å². The fourth-order valence-electron chi connectivity index (χ4n) is 3.44. The molecule has 3 heterocycles. The van der Waals surface area contributed by atoms with Gasteiger partial charge in [-0.3, -0.25) is 9.69 Å². The minimum atomic E-state index is -5.08. The molecule has 11 heteroatoms. The van der Waals surface area contributed by atoms with E-state index in [1.165, 1.54) is 17.4 Å². The van der Waals surface area contributed by atoms with Crippen LogP contribution >= 0.6 is 11.3 Å². The van der Waals surface area contributed by atoms with Crippen molar-refractivity contribution in [2.24, 2.45) is 5.92 Å². The number of alkyl halides is 3. The lowest BCUT2D eigenvalue weighted by molar-refractivity contribution is -0.192. The summed E-state index contributed by atoms with van der Waals surface area (Å²) in [5.74, 6) is -2.38. The van der Waals surface area contributed by atoms with Crippen LogP contribution in [0, 0.1) is 11.7 Å². The Morgan fingerprint density at radius 1 is 1.24 bits per heavy atom. The molecule has 2 aliphatic rings. The summed E-state index contributed by atoms with van der Waals surface area (Å²) in [7, 11) is 0. The molecule has 2 unspecified atom stereocenters. The summed E-state index contributed by atoms with van der Waals surface area (Å²) < 4.78 is 45.0. The summed E-state index contributed by atoms with van der Waals surface area (Å²) in [6.45, 7) is 3.27. The van der Waals surface area contributed by atoms with E-state index in [0.717, 1.165) is 31.7 Å². The lowest BCUT2D eigenvalue weighted by atomic mass is 9.91. The number of benzene rings is 1. The van der Waals surface area contributed by atoms with Gasteiger partial charge >= 0.3 is 12.1 Å². The number of carboxylic acid groups (broad SMARTS) is 1. The van der Waals surface area contributed by atoms with Gasteiger partial charge in [-0.1, -0.05) is 12.1 Å².